The Morgan fingerprint density at radius 2 is 1.75 bits per heavy atom. The molecule has 1 aromatic carbocycles. The largest absolute Gasteiger partial charge is 0.494 e. The molecule has 1 saturated carbocycles. The van der Waals surface area contributed by atoms with Gasteiger partial charge in [0.05, 0.1) is 12.5 Å². The quantitative estimate of drug-likeness (QED) is 0.912. The maximum Gasteiger partial charge on any atom is 0.391 e. The number of alkyl halides is 3. The number of hydrogen-bond acceptors (Lipinski definition) is 2. The number of benzene rings is 1. The summed E-state index contributed by atoms with van der Waals surface area (Å²) in [6, 6.07) is 7.37. The minimum Gasteiger partial charge on any atom is -0.494 e. The standard InChI is InChI=1S/C15H20F3NO/c1-2-20-13-5-3-11(4-6-13)14(19)9-7-12(8-10-14)15(16,17)18/h3-6,12H,2,7-10,19H2,1H3. The van der Waals surface area contributed by atoms with E-state index in [0.29, 0.717) is 19.4 Å². The van der Waals surface area contributed by atoms with Gasteiger partial charge in [-0.3, -0.25) is 0 Å². The zero-order valence-electron chi connectivity index (χ0n) is 11.5. The third kappa shape index (κ3) is 3.26. The van der Waals surface area contributed by atoms with Gasteiger partial charge in [-0.25, -0.2) is 0 Å². The Morgan fingerprint density at radius 1 is 1.20 bits per heavy atom. The third-order valence-corrected chi connectivity index (χ3v) is 4.08. The van der Waals surface area contributed by atoms with Crippen LogP contribution in [-0.4, -0.2) is 12.8 Å². The molecule has 0 heterocycles. The molecule has 112 valence electrons. The van der Waals surface area contributed by atoms with Gasteiger partial charge in [0.2, 0.25) is 0 Å². The fourth-order valence-corrected chi connectivity index (χ4v) is 2.80. The lowest BCUT2D eigenvalue weighted by Gasteiger charge is -2.38. The van der Waals surface area contributed by atoms with Gasteiger partial charge in [0.1, 0.15) is 5.75 Å². The summed E-state index contributed by atoms with van der Waals surface area (Å²) in [6.45, 7) is 2.48. The molecule has 1 aliphatic carbocycles. The molecule has 2 N–H and O–H groups in total. The second kappa shape index (κ2) is 5.64. The van der Waals surface area contributed by atoms with Crippen LogP contribution >= 0.6 is 0 Å². The number of halogens is 3. The van der Waals surface area contributed by atoms with Crippen molar-refractivity contribution in [2.24, 2.45) is 11.7 Å². The molecule has 0 bridgehead atoms. The van der Waals surface area contributed by atoms with Crippen molar-refractivity contribution < 1.29 is 17.9 Å². The fourth-order valence-electron chi connectivity index (χ4n) is 2.80. The second-order valence-electron chi connectivity index (χ2n) is 5.43. The first kappa shape index (κ1) is 15.2. The van der Waals surface area contributed by atoms with Gasteiger partial charge in [-0.15, -0.1) is 0 Å². The molecule has 0 amide bonds. The zero-order valence-corrected chi connectivity index (χ0v) is 11.5. The van der Waals surface area contributed by atoms with Crippen molar-refractivity contribution in [1.82, 2.24) is 0 Å². The van der Waals surface area contributed by atoms with E-state index in [1.54, 1.807) is 0 Å². The Bertz CT molecular complexity index is 433. The monoisotopic (exact) mass is 287 g/mol. The molecule has 1 aromatic rings. The predicted octanol–water partition coefficient (Wildman–Crippen LogP) is 3.99. The summed E-state index contributed by atoms with van der Waals surface area (Å²) in [7, 11) is 0. The van der Waals surface area contributed by atoms with Gasteiger partial charge in [-0.2, -0.15) is 13.2 Å². The van der Waals surface area contributed by atoms with Gasteiger partial charge in [-0.05, 0) is 50.3 Å². The summed E-state index contributed by atoms with van der Waals surface area (Å²) in [5, 5.41) is 0. The normalized spacial score (nSPS) is 27.4. The third-order valence-electron chi connectivity index (χ3n) is 4.08. The van der Waals surface area contributed by atoms with Crippen LogP contribution in [0.25, 0.3) is 0 Å². The maximum absolute atomic E-state index is 12.7. The summed E-state index contributed by atoms with van der Waals surface area (Å²) < 4.78 is 43.4. The van der Waals surface area contributed by atoms with E-state index in [9.17, 15) is 13.2 Å². The van der Waals surface area contributed by atoms with E-state index in [1.807, 2.05) is 31.2 Å². The maximum atomic E-state index is 12.7. The Kier molecular flexibility index (Phi) is 4.28. The zero-order chi connectivity index (χ0) is 14.8. The Morgan fingerprint density at radius 3 is 2.20 bits per heavy atom. The van der Waals surface area contributed by atoms with E-state index in [0.717, 1.165) is 11.3 Å². The van der Waals surface area contributed by atoms with Gasteiger partial charge in [0.15, 0.2) is 0 Å². The highest BCUT2D eigenvalue weighted by Crippen LogP contribution is 2.44. The van der Waals surface area contributed by atoms with Crippen LogP contribution < -0.4 is 10.5 Å². The molecule has 20 heavy (non-hydrogen) atoms. The highest BCUT2D eigenvalue weighted by molar-refractivity contribution is 5.32. The summed E-state index contributed by atoms with van der Waals surface area (Å²) >= 11 is 0. The van der Waals surface area contributed by atoms with E-state index in [4.69, 9.17) is 10.5 Å². The first-order valence-corrected chi connectivity index (χ1v) is 6.94. The molecule has 0 unspecified atom stereocenters. The second-order valence-corrected chi connectivity index (χ2v) is 5.43. The summed E-state index contributed by atoms with van der Waals surface area (Å²) in [6.07, 6.45) is -3.16. The summed E-state index contributed by atoms with van der Waals surface area (Å²) in [5.41, 5.74) is 6.55. The van der Waals surface area contributed by atoms with Crippen LogP contribution in [0, 0.1) is 5.92 Å². The van der Waals surface area contributed by atoms with Crippen LogP contribution in [0.4, 0.5) is 13.2 Å². The molecule has 2 nitrogen and oxygen atoms in total. The molecule has 0 atom stereocenters. The molecular formula is C15H20F3NO. The van der Waals surface area contributed by atoms with Gasteiger partial charge >= 0.3 is 6.18 Å². The molecular weight excluding hydrogens is 267 g/mol. The van der Waals surface area contributed by atoms with E-state index < -0.39 is 17.6 Å². The van der Waals surface area contributed by atoms with E-state index >= 15 is 0 Å². The van der Waals surface area contributed by atoms with Gasteiger partial charge < -0.3 is 10.5 Å². The Balaban J connectivity index is 2.05. The van der Waals surface area contributed by atoms with E-state index in [-0.39, 0.29) is 12.8 Å². The van der Waals surface area contributed by atoms with Crippen LogP contribution in [0.5, 0.6) is 5.75 Å². The van der Waals surface area contributed by atoms with E-state index in [1.165, 1.54) is 0 Å². The number of hydrogen-bond donors (Lipinski definition) is 1. The lowest BCUT2D eigenvalue weighted by molar-refractivity contribution is -0.184. The average molecular weight is 287 g/mol. The molecule has 0 radical (unpaired) electrons. The van der Waals surface area contributed by atoms with Gasteiger partial charge in [0.25, 0.3) is 0 Å². The molecule has 1 aliphatic rings. The van der Waals surface area contributed by atoms with Crippen LogP contribution in [0.2, 0.25) is 0 Å². The highest BCUT2D eigenvalue weighted by Gasteiger charge is 2.44. The number of rotatable bonds is 3. The van der Waals surface area contributed by atoms with Crippen LogP contribution in [-0.2, 0) is 5.54 Å². The van der Waals surface area contributed by atoms with Crippen molar-refractivity contribution in [2.45, 2.75) is 44.3 Å². The number of nitrogens with two attached hydrogens (primary N) is 1. The summed E-state index contributed by atoms with van der Waals surface area (Å²) in [5.74, 6) is -0.453. The Hall–Kier alpha value is -1.23. The molecule has 5 heteroatoms. The van der Waals surface area contributed by atoms with Crippen molar-refractivity contribution in [3.63, 3.8) is 0 Å². The SMILES string of the molecule is CCOc1ccc(C2(N)CCC(C(F)(F)F)CC2)cc1. The van der Waals surface area contributed by atoms with Crippen molar-refractivity contribution in [2.75, 3.05) is 6.61 Å². The lowest BCUT2D eigenvalue weighted by Crippen LogP contribution is -2.42. The van der Waals surface area contributed by atoms with Crippen LogP contribution in [0.3, 0.4) is 0 Å². The molecule has 0 saturated heterocycles. The molecule has 0 aliphatic heterocycles. The molecule has 0 aromatic heterocycles. The van der Waals surface area contributed by atoms with Gasteiger partial charge in [-0.1, -0.05) is 12.1 Å². The first-order chi connectivity index (χ1) is 9.35. The van der Waals surface area contributed by atoms with Crippen LogP contribution in [0.1, 0.15) is 38.2 Å². The minimum absolute atomic E-state index is 0.104. The first-order valence-electron chi connectivity index (χ1n) is 6.94. The van der Waals surface area contributed by atoms with E-state index in [2.05, 4.69) is 0 Å². The lowest BCUT2D eigenvalue weighted by atomic mass is 9.73. The van der Waals surface area contributed by atoms with Gasteiger partial charge in [0, 0.05) is 5.54 Å². The van der Waals surface area contributed by atoms with Crippen molar-refractivity contribution in [3.05, 3.63) is 29.8 Å². The smallest absolute Gasteiger partial charge is 0.391 e. The Labute approximate surface area is 117 Å². The number of ether oxygens (including phenoxy) is 1. The minimum atomic E-state index is -4.10. The average Bonchev–Trinajstić information content (AvgIpc) is 2.39. The topological polar surface area (TPSA) is 35.2 Å². The predicted molar refractivity (Wildman–Crippen MR) is 71.5 cm³/mol. The highest BCUT2D eigenvalue weighted by atomic mass is 19.4. The molecule has 1 fully saturated rings. The molecule has 2 rings (SSSR count). The van der Waals surface area contributed by atoms with Crippen molar-refractivity contribution in [1.29, 1.82) is 0 Å². The molecule has 0 spiro atoms. The fraction of sp³-hybridized carbons (Fsp3) is 0.600. The van der Waals surface area contributed by atoms with Crippen molar-refractivity contribution >= 4 is 0 Å². The van der Waals surface area contributed by atoms with Crippen LogP contribution in [0.15, 0.2) is 24.3 Å². The summed E-state index contributed by atoms with van der Waals surface area (Å²) in [4.78, 5) is 0. The van der Waals surface area contributed by atoms with Crippen molar-refractivity contribution in [3.8, 4) is 5.75 Å².